The monoisotopic (exact) mass is 314 g/mol. The molecule has 6 heteroatoms. The number of carbonyl (C=O) groups is 1. The lowest BCUT2D eigenvalue weighted by atomic mass is 10.1. The molecule has 0 spiro atoms. The van der Waals surface area contributed by atoms with Gasteiger partial charge in [-0.25, -0.2) is 0 Å². The molecule has 2 aromatic rings. The van der Waals surface area contributed by atoms with Crippen LogP contribution in [0.1, 0.15) is 28.2 Å². The molecule has 0 aliphatic carbocycles. The first-order valence-corrected chi connectivity index (χ1v) is 7.92. The summed E-state index contributed by atoms with van der Waals surface area (Å²) in [6, 6.07) is 5.74. The molecule has 6 nitrogen and oxygen atoms in total. The Labute approximate surface area is 136 Å². The minimum absolute atomic E-state index is 0.0528. The maximum absolute atomic E-state index is 12.4. The van der Waals surface area contributed by atoms with E-state index in [4.69, 9.17) is 4.52 Å². The largest absolute Gasteiger partial charge is 0.351 e. The third-order valence-corrected chi connectivity index (χ3v) is 4.16. The summed E-state index contributed by atoms with van der Waals surface area (Å²) in [4.78, 5) is 20.6. The molecule has 0 radical (unpaired) electrons. The maximum atomic E-state index is 12.4. The summed E-state index contributed by atoms with van der Waals surface area (Å²) in [6.45, 7) is 5.22. The molecule has 23 heavy (non-hydrogen) atoms. The highest BCUT2D eigenvalue weighted by Crippen LogP contribution is 2.20. The topological polar surface area (TPSA) is 62.5 Å². The number of likely N-dealkylation sites (tertiary alicyclic amines) is 1. The number of rotatable bonds is 5. The molecular weight excluding hydrogens is 292 g/mol. The second-order valence-electron chi connectivity index (χ2n) is 6.30. The van der Waals surface area contributed by atoms with E-state index in [1.54, 1.807) is 12.3 Å². The van der Waals surface area contributed by atoms with Gasteiger partial charge in [0, 0.05) is 44.6 Å². The van der Waals surface area contributed by atoms with Crippen LogP contribution in [0.25, 0.3) is 0 Å². The summed E-state index contributed by atoms with van der Waals surface area (Å²) < 4.78 is 5.08. The maximum Gasteiger partial charge on any atom is 0.292 e. The van der Waals surface area contributed by atoms with Crippen LogP contribution in [0.3, 0.4) is 0 Å². The van der Waals surface area contributed by atoms with E-state index in [2.05, 4.69) is 28.2 Å². The fourth-order valence-corrected chi connectivity index (χ4v) is 3.10. The van der Waals surface area contributed by atoms with Gasteiger partial charge in [-0.15, -0.1) is 0 Å². The van der Waals surface area contributed by atoms with Crippen molar-refractivity contribution in [3.63, 3.8) is 0 Å². The molecule has 0 unspecified atom stereocenters. The smallest absolute Gasteiger partial charge is 0.292 e. The van der Waals surface area contributed by atoms with Crippen molar-refractivity contribution in [3.05, 3.63) is 47.6 Å². The molecule has 1 amide bonds. The number of carbonyl (C=O) groups excluding carboxylic acids is 1. The van der Waals surface area contributed by atoms with Crippen molar-refractivity contribution in [2.24, 2.45) is 5.92 Å². The van der Waals surface area contributed by atoms with E-state index >= 15 is 0 Å². The first-order chi connectivity index (χ1) is 11.1. The number of hydrogen-bond acceptors (Lipinski definition) is 5. The van der Waals surface area contributed by atoms with Crippen molar-refractivity contribution >= 4 is 5.91 Å². The fourth-order valence-electron chi connectivity index (χ4n) is 3.10. The van der Waals surface area contributed by atoms with Crippen molar-refractivity contribution in [1.82, 2.24) is 19.9 Å². The molecule has 3 rings (SSSR count). The van der Waals surface area contributed by atoms with Gasteiger partial charge in [0.1, 0.15) is 0 Å². The molecule has 3 heterocycles. The summed E-state index contributed by atoms with van der Waals surface area (Å²) in [5.74, 6) is 0.777. The lowest BCUT2D eigenvalue weighted by Gasteiger charge is -2.21. The molecule has 1 aliphatic rings. The van der Waals surface area contributed by atoms with E-state index in [1.807, 2.05) is 24.1 Å². The highest BCUT2D eigenvalue weighted by molar-refractivity contribution is 5.91. The van der Waals surface area contributed by atoms with Gasteiger partial charge in [-0.1, -0.05) is 11.2 Å². The van der Waals surface area contributed by atoms with Gasteiger partial charge in [0.25, 0.3) is 5.91 Å². The van der Waals surface area contributed by atoms with Crippen LogP contribution in [0, 0.1) is 12.8 Å². The Hall–Kier alpha value is -2.21. The first kappa shape index (κ1) is 15.7. The summed E-state index contributed by atoms with van der Waals surface area (Å²) in [6.07, 6.45) is 4.71. The molecule has 0 saturated carbocycles. The lowest BCUT2D eigenvalue weighted by Crippen LogP contribution is -2.31. The van der Waals surface area contributed by atoms with Crippen LogP contribution in [0.5, 0.6) is 0 Å². The van der Waals surface area contributed by atoms with Gasteiger partial charge in [-0.2, -0.15) is 0 Å². The number of hydrogen-bond donors (Lipinski definition) is 0. The van der Waals surface area contributed by atoms with Crippen LogP contribution in [0.4, 0.5) is 0 Å². The van der Waals surface area contributed by atoms with Gasteiger partial charge in [0.2, 0.25) is 5.76 Å². The van der Waals surface area contributed by atoms with Crippen molar-refractivity contribution < 1.29 is 9.32 Å². The second-order valence-corrected chi connectivity index (χ2v) is 6.30. The Morgan fingerprint density at radius 1 is 1.52 bits per heavy atom. The van der Waals surface area contributed by atoms with E-state index in [1.165, 1.54) is 5.56 Å². The minimum atomic E-state index is -0.0528. The molecule has 1 saturated heterocycles. The van der Waals surface area contributed by atoms with Crippen molar-refractivity contribution in [2.75, 3.05) is 26.7 Å². The standard InChI is InChI=1S/C17H22N4O2/c1-13-8-16(23-19-13)17(22)21-7-5-15(12-21)11-20(2)10-14-4-3-6-18-9-14/h3-4,6,8-9,15H,5,7,10-12H2,1-2H3/t15-/m0/s1. The molecule has 1 aliphatic heterocycles. The number of amides is 1. The quantitative estimate of drug-likeness (QED) is 0.844. The minimum Gasteiger partial charge on any atom is -0.351 e. The Bertz CT molecular complexity index is 656. The van der Waals surface area contributed by atoms with Gasteiger partial charge in [0.15, 0.2) is 0 Å². The molecule has 1 fully saturated rings. The first-order valence-electron chi connectivity index (χ1n) is 7.92. The van der Waals surface area contributed by atoms with Gasteiger partial charge in [-0.05, 0) is 37.9 Å². The van der Waals surface area contributed by atoms with Crippen LogP contribution in [0.15, 0.2) is 35.1 Å². The molecule has 0 aromatic carbocycles. The zero-order valence-corrected chi connectivity index (χ0v) is 13.6. The van der Waals surface area contributed by atoms with Crippen molar-refractivity contribution in [1.29, 1.82) is 0 Å². The molecular formula is C17H22N4O2. The van der Waals surface area contributed by atoms with E-state index in [9.17, 15) is 4.79 Å². The zero-order chi connectivity index (χ0) is 16.2. The van der Waals surface area contributed by atoms with E-state index in [-0.39, 0.29) is 5.91 Å². The highest BCUT2D eigenvalue weighted by Gasteiger charge is 2.29. The Kier molecular flexibility index (Phi) is 4.71. The SMILES string of the molecule is Cc1cc(C(=O)N2CC[C@@H](CN(C)Cc3cccnc3)C2)on1. The molecule has 0 N–H and O–H groups in total. The van der Waals surface area contributed by atoms with E-state index in [0.717, 1.165) is 38.3 Å². The van der Waals surface area contributed by atoms with Crippen LogP contribution in [-0.2, 0) is 6.54 Å². The molecule has 1 atom stereocenters. The zero-order valence-electron chi connectivity index (χ0n) is 13.6. The summed E-state index contributed by atoms with van der Waals surface area (Å²) in [5.41, 5.74) is 1.94. The normalized spacial score (nSPS) is 17.9. The number of aromatic nitrogens is 2. The predicted molar refractivity (Wildman–Crippen MR) is 85.8 cm³/mol. The van der Waals surface area contributed by atoms with Gasteiger partial charge >= 0.3 is 0 Å². The third kappa shape index (κ3) is 3.96. The van der Waals surface area contributed by atoms with Crippen LogP contribution < -0.4 is 0 Å². The van der Waals surface area contributed by atoms with Gasteiger partial charge in [-0.3, -0.25) is 9.78 Å². The number of aryl methyl sites for hydroxylation is 1. The number of pyridine rings is 1. The van der Waals surface area contributed by atoms with Crippen LogP contribution >= 0.6 is 0 Å². The lowest BCUT2D eigenvalue weighted by molar-refractivity contribution is 0.0742. The molecule has 122 valence electrons. The molecule has 2 aromatic heterocycles. The van der Waals surface area contributed by atoms with E-state index in [0.29, 0.717) is 11.7 Å². The van der Waals surface area contributed by atoms with Crippen LogP contribution in [-0.4, -0.2) is 52.5 Å². The second kappa shape index (κ2) is 6.91. The Morgan fingerprint density at radius 3 is 3.09 bits per heavy atom. The fraction of sp³-hybridized carbons (Fsp3) is 0.471. The predicted octanol–water partition coefficient (Wildman–Crippen LogP) is 1.97. The van der Waals surface area contributed by atoms with Gasteiger partial charge < -0.3 is 14.3 Å². The van der Waals surface area contributed by atoms with Gasteiger partial charge in [0.05, 0.1) is 5.69 Å². The number of nitrogens with zero attached hydrogens (tertiary/aromatic N) is 4. The average molecular weight is 314 g/mol. The summed E-state index contributed by atoms with van der Waals surface area (Å²) in [7, 11) is 2.11. The third-order valence-electron chi connectivity index (χ3n) is 4.16. The Morgan fingerprint density at radius 2 is 2.39 bits per heavy atom. The van der Waals surface area contributed by atoms with Crippen molar-refractivity contribution in [2.45, 2.75) is 19.9 Å². The summed E-state index contributed by atoms with van der Waals surface area (Å²) >= 11 is 0. The van der Waals surface area contributed by atoms with Crippen molar-refractivity contribution in [3.8, 4) is 0 Å². The van der Waals surface area contributed by atoms with Crippen LogP contribution in [0.2, 0.25) is 0 Å². The average Bonchev–Trinajstić information content (AvgIpc) is 3.17. The Balaban J connectivity index is 1.50. The van der Waals surface area contributed by atoms with E-state index < -0.39 is 0 Å². The highest BCUT2D eigenvalue weighted by atomic mass is 16.5. The summed E-state index contributed by atoms with van der Waals surface area (Å²) in [5, 5.41) is 3.79. The molecule has 0 bridgehead atoms.